The minimum absolute atomic E-state index is 0.0231. The van der Waals surface area contributed by atoms with Gasteiger partial charge in [-0.15, -0.1) is 11.3 Å². The second kappa shape index (κ2) is 8.79. The number of piperidine rings is 1. The summed E-state index contributed by atoms with van der Waals surface area (Å²) in [5, 5.41) is 5.92. The van der Waals surface area contributed by atoms with Crippen molar-refractivity contribution in [3.63, 3.8) is 0 Å². The van der Waals surface area contributed by atoms with Gasteiger partial charge in [-0.1, -0.05) is 0 Å². The van der Waals surface area contributed by atoms with Gasteiger partial charge >= 0.3 is 0 Å². The van der Waals surface area contributed by atoms with Crippen LogP contribution in [0.5, 0.6) is 0 Å². The molecular formula is C20H21N5O2S. The molecular weight excluding hydrogens is 374 g/mol. The molecule has 4 rings (SSSR count). The largest absolute Gasteiger partial charge is 0.465 e. The molecule has 0 saturated carbocycles. The molecule has 8 heteroatoms. The van der Waals surface area contributed by atoms with Crippen LogP contribution in [0.3, 0.4) is 0 Å². The van der Waals surface area contributed by atoms with E-state index in [0.29, 0.717) is 11.7 Å². The predicted molar refractivity (Wildman–Crippen MR) is 108 cm³/mol. The number of likely N-dealkylation sites (tertiary alicyclic amines) is 1. The van der Waals surface area contributed by atoms with Crippen LogP contribution in [0.25, 0.3) is 6.08 Å². The van der Waals surface area contributed by atoms with Crippen LogP contribution < -0.4 is 5.32 Å². The monoisotopic (exact) mass is 395 g/mol. The number of thiazole rings is 1. The Morgan fingerprint density at radius 1 is 1.39 bits per heavy atom. The number of rotatable bonds is 6. The van der Waals surface area contributed by atoms with Crippen molar-refractivity contribution in [2.45, 2.75) is 19.3 Å². The Morgan fingerprint density at radius 2 is 2.36 bits per heavy atom. The molecule has 1 aliphatic rings. The smallest absolute Gasteiger partial charge is 0.246 e. The Morgan fingerprint density at radius 3 is 3.18 bits per heavy atom. The van der Waals surface area contributed by atoms with Gasteiger partial charge in [0.15, 0.2) is 5.13 Å². The highest BCUT2D eigenvalue weighted by Crippen LogP contribution is 2.22. The molecule has 1 aliphatic heterocycles. The molecule has 1 saturated heterocycles. The number of amides is 1. The number of anilines is 2. The topological polar surface area (TPSA) is 84.2 Å². The fourth-order valence-corrected chi connectivity index (χ4v) is 3.88. The van der Waals surface area contributed by atoms with Crippen molar-refractivity contribution in [1.29, 1.82) is 0 Å². The van der Waals surface area contributed by atoms with Crippen molar-refractivity contribution in [2.24, 2.45) is 5.92 Å². The lowest BCUT2D eigenvalue weighted by atomic mass is 9.93. The first-order valence-electron chi connectivity index (χ1n) is 9.24. The van der Waals surface area contributed by atoms with E-state index in [1.807, 2.05) is 22.4 Å². The van der Waals surface area contributed by atoms with E-state index in [1.165, 1.54) is 11.3 Å². The second-order valence-corrected chi connectivity index (χ2v) is 7.60. The third kappa shape index (κ3) is 4.83. The maximum atomic E-state index is 12.5. The number of nitrogens with one attached hydrogen (secondary N) is 1. The molecule has 0 radical (unpaired) electrons. The Hall–Kier alpha value is -3.00. The molecule has 1 N–H and O–H groups in total. The molecule has 1 amide bonds. The van der Waals surface area contributed by atoms with E-state index in [0.717, 1.165) is 49.0 Å². The number of carbonyl (C=O) groups excluding carboxylic acids is 1. The molecule has 4 heterocycles. The third-order valence-electron chi connectivity index (χ3n) is 4.65. The normalized spacial score (nSPS) is 17.1. The van der Waals surface area contributed by atoms with Gasteiger partial charge in [0.25, 0.3) is 0 Å². The summed E-state index contributed by atoms with van der Waals surface area (Å²) in [4.78, 5) is 27.3. The molecule has 144 valence electrons. The molecule has 0 aromatic carbocycles. The van der Waals surface area contributed by atoms with Crippen LogP contribution in [0, 0.1) is 5.92 Å². The van der Waals surface area contributed by atoms with Crippen LogP contribution in [0.2, 0.25) is 0 Å². The van der Waals surface area contributed by atoms with E-state index in [4.69, 9.17) is 4.42 Å². The summed E-state index contributed by atoms with van der Waals surface area (Å²) in [6, 6.07) is 5.59. The quantitative estimate of drug-likeness (QED) is 0.640. The summed E-state index contributed by atoms with van der Waals surface area (Å²) in [5.74, 6) is 1.83. The van der Waals surface area contributed by atoms with Crippen molar-refractivity contribution in [2.75, 3.05) is 18.4 Å². The van der Waals surface area contributed by atoms with E-state index in [-0.39, 0.29) is 5.91 Å². The van der Waals surface area contributed by atoms with E-state index in [1.54, 1.807) is 37.0 Å². The van der Waals surface area contributed by atoms with E-state index >= 15 is 0 Å². The minimum atomic E-state index is 0.0231. The number of aromatic nitrogens is 3. The molecule has 0 bridgehead atoms. The van der Waals surface area contributed by atoms with Crippen molar-refractivity contribution in [1.82, 2.24) is 19.9 Å². The zero-order chi connectivity index (χ0) is 19.2. The van der Waals surface area contributed by atoms with Gasteiger partial charge < -0.3 is 14.6 Å². The summed E-state index contributed by atoms with van der Waals surface area (Å²) >= 11 is 1.53. The van der Waals surface area contributed by atoms with Gasteiger partial charge in [0.1, 0.15) is 17.9 Å². The molecule has 3 aromatic heterocycles. The summed E-state index contributed by atoms with van der Waals surface area (Å²) in [7, 11) is 0. The van der Waals surface area contributed by atoms with Crippen LogP contribution in [0.1, 0.15) is 24.3 Å². The zero-order valence-electron chi connectivity index (χ0n) is 15.3. The number of carbonyl (C=O) groups is 1. The van der Waals surface area contributed by atoms with Gasteiger partial charge in [0, 0.05) is 42.5 Å². The van der Waals surface area contributed by atoms with E-state index in [9.17, 15) is 4.79 Å². The molecule has 0 aliphatic carbocycles. The maximum Gasteiger partial charge on any atom is 0.246 e. The Bertz CT molecular complexity index is 924. The van der Waals surface area contributed by atoms with Crippen LogP contribution in [-0.4, -0.2) is 38.8 Å². The molecule has 0 unspecified atom stereocenters. The molecule has 1 fully saturated rings. The Kier molecular flexibility index (Phi) is 5.77. The molecule has 7 nitrogen and oxygen atoms in total. The number of hydrogen-bond donors (Lipinski definition) is 1. The number of nitrogens with zero attached hydrogens (tertiary/aromatic N) is 4. The van der Waals surface area contributed by atoms with Gasteiger partial charge in [0.05, 0.1) is 6.26 Å². The third-order valence-corrected chi connectivity index (χ3v) is 5.34. The molecule has 0 spiro atoms. The van der Waals surface area contributed by atoms with Gasteiger partial charge in [-0.3, -0.25) is 4.79 Å². The van der Waals surface area contributed by atoms with Crippen molar-refractivity contribution >= 4 is 34.3 Å². The van der Waals surface area contributed by atoms with Gasteiger partial charge in [0.2, 0.25) is 5.91 Å². The molecule has 28 heavy (non-hydrogen) atoms. The first-order valence-corrected chi connectivity index (χ1v) is 10.1. The van der Waals surface area contributed by atoms with Crippen molar-refractivity contribution in [3.8, 4) is 0 Å². The highest BCUT2D eigenvalue weighted by Gasteiger charge is 2.23. The lowest BCUT2D eigenvalue weighted by Gasteiger charge is -2.32. The predicted octanol–water partition coefficient (Wildman–Crippen LogP) is 3.76. The number of hydrogen-bond acceptors (Lipinski definition) is 7. The fraction of sp³-hybridized carbons (Fsp3) is 0.300. The van der Waals surface area contributed by atoms with Crippen molar-refractivity contribution < 1.29 is 9.21 Å². The summed E-state index contributed by atoms with van der Waals surface area (Å²) in [5.41, 5.74) is 0.972. The van der Waals surface area contributed by atoms with Crippen LogP contribution in [0.4, 0.5) is 10.9 Å². The summed E-state index contributed by atoms with van der Waals surface area (Å²) in [6.07, 6.45) is 11.1. The SMILES string of the molecule is O=C(/C=C/c1ccco1)N1CCC[C@@H](Cc2cc(Nc3nccs3)ncn2)C1. The van der Waals surface area contributed by atoms with E-state index in [2.05, 4.69) is 20.3 Å². The highest BCUT2D eigenvalue weighted by molar-refractivity contribution is 7.13. The summed E-state index contributed by atoms with van der Waals surface area (Å²) < 4.78 is 5.24. The Labute approximate surface area is 167 Å². The zero-order valence-corrected chi connectivity index (χ0v) is 16.1. The fourth-order valence-electron chi connectivity index (χ4n) is 3.34. The van der Waals surface area contributed by atoms with E-state index < -0.39 is 0 Å². The van der Waals surface area contributed by atoms with Gasteiger partial charge in [-0.25, -0.2) is 15.0 Å². The second-order valence-electron chi connectivity index (χ2n) is 6.70. The number of furan rings is 1. The Balaban J connectivity index is 1.35. The van der Waals surface area contributed by atoms with Crippen LogP contribution in [0.15, 0.2) is 52.9 Å². The molecule has 1 atom stereocenters. The lowest BCUT2D eigenvalue weighted by molar-refractivity contribution is -0.127. The average molecular weight is 395 g/mol. The van der Waals surface area contributed by atoms with Crippen LogP contribution >= 0.6 is 11.3 Å². The van der Waals surface area contributed by atoms with Gasteiger partial charge in [-0.05, 0) is 43.4 Å². The highest BCUT2D eigenvalue weighted by atomic mass is 32.1. The first-order chi connectivity index (χ1) is 13.8. The molecule has 3 aromatic rings. The standard InChI is InChI=1S/C20H21N5O2S/c26-19(6-5-17-4-2-9-27-17)25-8-1-3-15(13-25)11-16-12-18(23-14-22-16)24-20-21-7-10-28-20/h2,4-7,9-10,12,14-15H,1,3,8,11,13H2,(H,21,22,23,24)/b6-5+/t15-/m0/s1. The van der Waals surface area contributed by atoms with Crippen molar-refractivity contribution in [3.05, 3.63) is 59.9 Å². The first kappa shape index (κ1) is 18.4. The lowest BCUT2D eigenvalue weighted by Crippen LogP contribution is -2.39. The van der Waals surface area contributed by atoms with Crippen LogP contribution in [-0.2, 0) is 11.2 Å². The maximum absolute atomic E-state index is 12.5. The average Bonchev–Trinajstić information content (AvgIpc) is 3.41. The van der Waals surface area contributed by atoms with Gasteiger partial charge in [-0.2, -0.15) is 0 Å². The summed E-state index contributed by atoms with van der Waals surface area (Å²) in [6.45, 7) is 1.53. The minimum Gasteiger partial charge on any atom is -0.465 e.